The molecule has 2 aromatic carbocycles. The molecule has 0 aliphatic heterocycles. The highest BCUT2D eigenvalue weighted by Crippen LogP contribution is 2.35. The Balaban J connectivity index is 2.25. The molecule has 0 aliphatic rings. The maximum absolute atomic E-state index is 13.0. The minimum absolute atomic E-state index is 0.0226. The fraction of sp³-hybridized carbons (Fsp3) is 0.500. The van der Waals surface area contributed by atoms with Gasteiger partial charge in [0.25, 0.3) is 5.91 Å². The summed E-state index contributed by atoms with van der Waals surface area (Å²) in [6.45, 7) is 8.44. The van der Waals surface area contributed by atoms with Gasteiger partial charge in [-0.2, -0.15) is 0 Å². The number of carbonyl (C=O) groups is 1. The van der Waals surface area contributed by atoms with Crippen LogP contribution in [0.2, 0.25) is 0 Å². The molecule has 0 saturated carbocycles. The molecule has 27 heavy (non-hydrogen) atoms. The van der Waals surface area contributed by atoms with E-state index in [2.05, 4.69) is 46.9 Å². The number of hydrogen-bond donors (Lipinski definition) is 1. The second-order valence-corrected chi connectivity index (χ2v) is 7.73. The molecule has 0 spiro atoms. The third-order valence-electron chi connectivity index (χ3n) is 4.88. The Hall–Kier alpha value is -1.59. The first-order chi connectivity index (χ1) is 13.0. The summed E-state index contributed by atoms with van der Waals surface area (Å²) in [5.74, 6) is 0.510. The third-order valence-corrected chi connectivity index (χ3v) is 5.53. The van der Waals surface area contributed by atoms with Crippen LogP contribution in [0.4, 0.5) is 0 Å². The van der Waals surface area contributed by atoms with Gasteiger partial charge in [0.1, 0.15) is 5.75 Å². The van der Waals surface area contributed by atoms with E-state index in [1.165, 1.54) is 0 Å². The van der Waals surface area contributed by atoms with Crippen molar-refractivity contribution in [3.8, 4) is 5.75 Å². The molecular formula is C22H31BrN2O2. The van der Waals surface area contributed by atoms with Crippen molar-refractivity contribution in [3.63, 3.8) is 0 Å². The number of benzene rings is 2. The van der Waals surface area contributed by atoms with E-state index in [0.717, 1.165) is 54.0 Å². The van der Waals surface area contributed by atoms with Crippen molar-refractivity contribution >= 4 is 32.6 Å². The van der Waals surface area contributed by atoms with Gasteiger partial charge in [0.2, 0.25) is 0 Å². The average molecular weight is 435 g/mol. The van der Waals surface area contributed by atoms with E-state index >= 15 is 0 Å². The molecule has 0 aromatic heterocycles. The molecule has 4 nitrogen and oxygen atoms in total. The molecular weight excluding hydrogens is 404 g/mol. The van der Waals surface area contributed by atoms with Gasteiger partial charge in [-0.3, -0.25) is 9.69 Å². The molecule has 0 heterocycles. The number of nitrogens with zero attached hydrogens (tertiary/aromatic N) is 1. The summed E-state index contributed by atoms with van der Waals surface area (Å²) in [6.07, 6.45) is 4.54. The third kappa shape index (κ3) is 5.45. The molecule has 0 fully saturated rings. The summed E-state index contributed by atoms with van der Waals surface area (Å²) in [7, 11) is 1.62. The summed E-state index contributed by atoms with van der Waals surface area (Å²) in [5, 5.41) is 5.13. The van der Waals surface area contributed by atoms with Gasteiger partial charge in [-0.05, 0) is 31.2 Å². The van der Waals surface area contributed by atoms with Gasteiger partial charge in [0, 0.05) is 22.9 Å². The van der Waals surface area contributed by atoms with Gasteiger partial charge >= 0.3 is 0 Å². The summed E-state index contributed by atoms with van der Waals surface area (Å²) in [5.41, 5.74) is 0.556. The molecule has 1 unspecified atom stereocenters. The molecule has 0 bridgehead atoms. The van der Waals surface area contributed by atoms with Crippen molar-refractivity contribution < 1.29 is 9.53 Å². The summed E-state index contributed by atoms with van der Waals surface area (Å²) in [6, 6.07) is 9.79. The number of fused-ring (bicyclic) bond motifs is 1. The number of nitrogens with one attached hydrogen (secondary N) is 1. The Morgan fingerprint density at radius 1 is 1.15 bits per heavy atom. The predicted molar refractivity (Wildman–Crippen MR) is 117 cm³/mol. The predicted octanol–water partition coefficient (Wildman–Crippen LogP) is 5.59. The Morgan fingerprint density at radius 2 is 1.74 bits per heavy atom. The van der Waals surface area contributed by atoms with E-state index in [1.807, 2.05) is 30.3 Å². The number of amides is 1. The van der Waals surface area contributed by atoms with Crippen LogP contribution in [0, 0.1) is 0 Å². The van der Waals surface area contributed by atoms with Crippen LogP contribution in [0.25, 0.3) is 10.8 Å². The lowest BCUT2D eigenvalue weighted by Gasteiger charge is -2.30. The zero-order chi connectivity index (χ0) is 19.8. The number of rotatable bonds is 10. The van der Waals surface area contributed by atoms with Gasteiger partial charge < -0.3 is 10.1 Å². The highest BCUT2D eigenvalue weighted by atomic mass is 79.9. The van der Waals surface area contributed by atoms with Crippen LogP contribution >= 0.6 is 15.9 Å². The highest BCUT2D eigenvalue weighted by Gasteiger charge is 2.21. The number of ether oxygens (including phenoxy) is 1. The lowest BCUT2D eigenvalue weighted by molar-refractivity contribution is 0.0858. The lowest BCUT2D eigenvalue weighted by Crippen LogP contribution is -2.47. The van der Waals surface area contributed by atoms with Gasteiger partial charge in [0.05, 0.1) is 18.8 Å². The first-order valence-corrected chi connectivity index (χ1v) is 10.6. The van der Waals surface area contributed by atoms with Crippen LogP contribution in [-0.4, -0.2) is 37.2 Å². The van der Waals surface area contributed by atoms with Gasteiger partial charge in [-0.15, -0.1) is 0 Å². The monoisotopic (exact) mass is 434 g/mol. The second-order valence-electron chi connectivity index (χ2n) is 6.88. The van der Waals surface area contributed by atoms with E-state index in [-0.39, 0.29) is 12.1 Å². The molecule has 2 aromatic rings. The van der Waals surface area contributed by atoms with Crippen LogP contribution in [-0.2, 0) is 0 Å². The first kappa shape index (κ1) is 21.7. The molecule has 0 aliphatic carbocycles. The molecule has 2 rings (SSSR count). The van der Waals surface area contributed by atoms with Crippen molar-refractivity contribution in [2.45, 2.75) is 52.6 Å². The van der Waals surface area contributed by atoms with Crippen molar-refractivity contribution in [1.82, 2.24) is 10.2 Å². The SMILES string of the molecule is CCCCN(CCCC)C(C)NC(=O)c1cc(Br)c2ccccc2c1OC. The Bertz CT molecular complexity index is 755. The second kappa shape index (κ2) is 10.7. The molecule has 1 amide bonds. The van der Waals surface area contributed by atoms with Crippen molar-refractivity contribution in [1.29, 1.82) is 0 Å². The molecule has 5 heteroatoms. The zero-order valence-electron chi connectivity index (χ0n) is 16.8. The average Bonchev–Trinajstić information content (AvgIpc) is 2.68. The fourth-order valence-electron chi connectivity index (χ4n) is 3.27. The normalized spacial score (nSPS) is 12.4. The number of halogens is 1. The maximum atomic E-state index is 13.0. The lowest BCUT2D eigenvalue weighted by atomic mass is 10.0. The minimum atomic E-state index is -0.108. The summed E-state index contributed by atoms with van der Waals surface area (Å²) in [4.78, 5) is 15.4. The highest BCUT2D eigenvalue weighted by molar-refractivity contribution is 9.10. The number of hydrogen-bond acceptors (Lipinski definition) is 3. The quantitative estimate of drug-likeness (QED) is 0.495. The fourth-order valence-corrected chi connectivity index (χ4v) is 3.85. The van der Waals surface area contributed by atoms with E-state index in [9.17, 15) is 4.79 Å². The van der Waals surface area contributed by atoms with Crippen molar-refractivity contribution in [2.75, 3.05) is 20.2 Å². The van der Waals surface area contributed by atoms with Crippen LogP contribution in [0.5, 0.6) is 5.75 Å². The zero-order valence-corrected chi connectivity index (χ0v) is 18.4. The Morgan fingerprint density at radius 3 is 2.30 bits per heavy atom. The topological polar surface area (TPSA) is 41.6 Å². The van der Waals surface area contributed by atoms with E-state index in [0.29, 0.717) is 11.3 Å². The van der Waals surface area contributed by atoms with Crippen LogP contribution in [0.15, 0.2) is 34.8 Å². The van der Waals surface area contributed by atoms with Gasteiger partial charge in [-0.1, -0.05) is 66.9 Å². The van der Waals surface area contributed by atoms with Crippen LogP contribution in [0.3, 0.4) is 0 Å². The Labute approximate surface area is 171 Å². The van der Waals surface area contributed by atoms with Crippen LogP contribution in [0.1, 0.15) is 56.8 Å². The van der Waals surface area contributed by atoms with Crippen LogP contribution < -0.4 is 10.1 Å². The van der Waals surface area contributed by atoms with E-state index in [4.69, 9.17) is 4.74 Å². The Kier molecular flexibility index (Phi) is 8.58. The minimum Gasteiger partial charge on any atom is -0.495 e. The standard InChI is InChI=1S/C22H31BrN2O2/c1-5-7-13-25(14-8-6-2)16(3)24-22(26)19-15-20(23)17-11-9-10-12-18(17)21(19)27-4/h9-12,15-16H,5-8,13-14H2,1-4H3,(H,24,26). The number of methoxy groups -OCH3 is 1. The van der Waals surface area contributed by atoms with Crippen molar-refractivity contribution in [2.24, 2.45) is 0 Å². The number of carbonyl (C=O) groups excluding carboxylic acids is 1. The molecule has 1 N–H and O–H groups in total. The molecule has 0 radical (unpaired) electrons. The van der Waals surface area contributed by atoms with Gasteiger partial charge in [-0.25, -0.2) is 0 Å². The summed E-state index contributed by atoms with van der Waals surface area (Å²) < 4.78 is 6.51. The van der Waals surface area contributed by atoms with E-state index in [1.54, 1.807) is 7.11 Å². The van der Waals surface area contributed by atoms with E-state index < -0.39 is 0 Å². The molecule has 0 saturated heterocycles. The molecule has 148 valence electrons. The largest absolute Gasteiger partial charge is 0.495 e. The van der Waals surface area contributed by atoms with Gasteiger partial charge in [0.15, 0.2) is 0 Å². The molecule has 1 atom stereocenters. The maximum Gasteiger partial charge on any atom is 0.256 e. The summed E-state index contributed by atoms with van der Waals surface area (Å²) >= 11 is 3.60. The first-order valence-electron chi connectivity index (χ1n) is 9.83. The smallest absolute Gasteiger partial charge is 0.256 e. The van der Waals surface area contributed by atoms with Crippen molar-refractivity contribution in [3.05, 3.63) is 40.4 Å². The number of unbranched alkanes of at least 4 members (excludes halogenated alkanes) is 2.